The molecular formula is C24H26N2O5. The third-order valence-corrected chi connectivity index (χ3v) is 5.06. The van der Waals surface area contributed by atoms with Gasteiger partial charge in [0.1, 0.15) is 12.4 Å². The van der Waals surface area contributed by atoms with Crippen molar-refractivity contribution in [3.63, 3.8) is 0 Å². The SMILES string of the molecule is CCOc1ccc(CCNC(=O)c2noc3c2COc2ccc(C)cc2-3)cc1OCC. The summed E-state index contributed by atoms with van der Waals surface area (Å²) in [6.45, 7) is 7.71. The summed E-state index contributed by atoms with van der Waals surface area (Å²) in [5.41, 5.74) is 3.89. The first-order valence-electron chi connectivity index (χ1n) is 10.5. The van der Waals surface area contributed by atoms with Crippen LogP contribution in [0.4, 0.5) is 0 Å². The Balaban J connectivity index is 1.42. The number of ether oxygens (including phenoxy) is 3. The largest absolute Gasteiger partial charge is 0.490 e. The molecular weight excluding hydrogens is 396 g/mol. The smallest absolute Gasteiger partial charge is 0.273 e. The van der Waals surface area contributed by atoms with Gasteiger partial charge in [-0.2, -0.15) is 0 Å². The fourth-order valence-electron chi connectivity index (χ4n) is 3.59. The normalized spacial score (nSPS) is 11.8. The molecule has 0 aliphatic carbocycles. The van der Waals surface area contributed by atoms with Crippen molar-refractivity contribution in [3.8, 4) is 28.6 Å². The molecule has 1 amide bonds. The zero-order valence-corrected chi connectivity index (χ0v) is 18.0. The highest BCUT2D eigenvalue weighted by Gasteiger charge is 2.28. The molecule has 0 bridgehead atoms. The summed E-state index contributed by atoms with van der Waals surface area (Å²) in [5.74, 6) is 2.50. The first kappa shape index (κ1) is 20.8. The van der Waals surface area contributed by atoms with Gasteiger partial charge in [0.15, 0.2) is 23.0 Å². The second-order valence-electron chi connectivity index (χ2n) is 7.28. The molecule has 2 heterocycles. The predicted octanol–water partition coefficient (Wildman–Crippen LogP) is 4.31. The van der Waals surface area contributed by atoms with Gasteiger partial charge in [-0.1, -0.05) is 22.9 Å². The average molecular weight is 422 g/mol. The van der Waals surface area contributed by atoms with Crippen LogP contribution in [-0.2, 0) is 13.0 Å². The predicted molar refractivity (Wildman–Crippen MR) is 116 cm³/mol. The maximum atomic E-state index is 12.7. The Morgan fingerprint density at radius 2 is 1.90 bits per heavy atom. The lowest BCUT2D eigenvalue weighted by Gasteiger charge is -2.16. The molecule has 1 aromatic heterocycles. The Labute approximate surface area is 181 Å². The molecule has 0 saturated carbocycles. The molecule has 2 aromatic carbocycles. The Morgan fingerprint density at radius 1 is 1.10 bits per heavy atom. The van der Waals surface area contributed by atoms with Gasteiger partial charge >= 0.3 is 0 Å². The molecule has 0 fully saturated rings. The third kappa shape index (κ3) is 4.35. The van der Waals surface area contributed by atoms with Gasteiger partial charge in [0.25, 0.3) is 5.91 Å². The summed E-state index contributed by atoms with van der Waals surface area (Å²) >= 11 is 0. The summed E-state index contributed by atoms with van der Waals surface area (Å²) in [5, 5.41) is 6.94. The van der Waals surface area contributed by atoms with E-state index in [-0.39, 0.29) is 18.2 Å². The van der Waals surface area contributed by atoms with Gasteiger partial charge in [0.2, 0.25) is 0 Å². The summed E-state index contributed by atoms with van der Waals surface area (Å²) in [6, 6.07) is 11.7. The van der Waals surface area contributed by atoms with Crippen LogP contribution >= 0.6 is 0 Å². The molecule has 1 N–H and O–H groups in total. The molecule has 1 aliphatic heterocycles. The number of rotatable bonds is 8. The van der Waals surface area contributed by atoms with Crippen LogP contribution in [-0.4, -0.2) is 30.8 Å². The van der Waals surface area contributed by atoms with E-state index in [0.717, 1.165) is 28.2 Å². The number of hydrogen-bond donors (Lipinski definition) is 1. The molecule has 4 rings (SSSR count). The van der Waals surface area contributed by atoms with Crippen LogP contribution in [0.5, 0.6) is 17.2 Å². The first-order valence-corrected chi connectivity index (χ1v) is 10.5. The number of amides is 1. The molecule has 31 heavy (non-hydrogen) atoms. The standard InChI is InChI=1S/C24H26N2O5/c1-4-28-20-9-7-16(13-21(20)29-5-2)10-11-25-24(27)22-18-14-30-19-8-6-15(3)12-17(19)23(18)31-26-22/h6-9,12-13H,4-5,10-11,14H2,1-3H3,(H,25,27). The number of aromatic nitrogens is 1. The fourth-order valence-corrected chi connectivity index (χ4v) is 3.59. The van der Waals surface area contributed by atoms with Crippen LogP contribution in [0.25, 0.3) is 11.3 Å². The number of benzene rings is 2. The molecule has 162 valence electrons. The summed E-state index contributed by atoms with van der Waals surface area (Å²) < 4.78 is 22.6. The van der Waals surface area contributed by atoms with Gasteiger partial charge < -0.3 is 24.1 Å². The van der Waals surface area contributed by atoms with Gasteiger partial charge in [-0.05, 0) is 57.0 Å². The lowest BCUT2D eigenvalue weighted by molar-refractivity contribution is 0.0943. The van der Waals surface area contributed by atoms with Gasteiger partial charge in [-0.15, -0.1) is 0 Å². The van der Waals surface area contributed by atoms with E-state index in [9.17, 15) is 4.79 Å². The second-order valence-corrected chi connectivity index (χ2v) is 7.28. The Hall–Kier alpha value is -3.48. The van der Waals surface area contributed by atoms with Crippen LogP contribution in [0.2, 0.25) is 0 Å². The maximum Gasteiger partial charge on any atom is 0.273 e. The minimum atomic E-state index is -0.277. The number of fused-ring (bicyclic) bond motifs is 3. The summed E-state index contributed by atoms with van der Waals surface area (Å²) in [6.07, 6.45) is 0.650. The summed E-state index contributed by atoms with van der Waals surface area (Å²) in [7, 11) is 0. The number of nitrogens with zero attached hydrogens (tertiary/aromatic N) is 1. The molecule has 0 spiro atoms. The average Bonchev–Trinajstić information content (AvgIpc) is 3.20. The van der Waals surface area contributed by atoms with Gasteiger partial charge in [-0.3, -0.25) is 4.79 Å². The second kappa shape index (κ2) is 9.12. The van der Waals surface area contributed by atoms with Gasteiger partial charge in [0, 0.05) is 6.54 Å². The summed E-state index contributed by atoms with van der Waals surface area (Å²) in [4.78, 5) is 12.7. The molecule has 7 heteroatoms. The van der Waals surface area contributed by atoms with Crippen molar-refractivity contribution in [2.75, 3.05) is 19.8 Å². The molecule has 0 radical (unpaired) electrons. The highest BCUT2D eigenvalue weighted by molar-refractivity contribution is 5.95. The monoisotopic (exact) mass is 422 g/mol. The number of hydrogen-bond acceptors (Lipinski definition) is 6. The molecule has 3 aromatic rings. The quantitative estimate of drug-likeness (QED) is 0.582. The lowest BCUT2D eigenvalue weighted by atomic mass is 10.0. The van der Waals surface area contributed by atoms with E-state index in [0.29, 0.717) is 43.3 Å². The van der Waals surface area contributed by atoms with E-state index in [1.54, 1.807) is 0 Å². The zero-order chi connectivity index (χ0) is 21.8. The van der Waals surface area contributed by atoms with Crippen molar-refractivity contribution in [3.05, 3.63) is 58.8 Å². The van der Waals surface area contributed by atoms with Crippen molar-refractivity contribution in [2.45, 2.75) is 33.8 Å². The van der Waals surface area contributed by atoms with Crippen molar-refractivity contribution < 1.29 is 23.5 Å². The van der Waals surface area contributed by atoms with E-state index in [1.807, 2.05) is 57.2 Å². The third-order valence-electron chi connectivity index (χ3n) is 5.06. The topological polar surface area (TPSA) is 82.8 Å². The number of aryl methyl sites for hydroxylation is 1. The Morgan fingerprint density at radius 3 is 2.71 bits per heavy atom. The molecule has 7 nitrogen and oxygen atoms in total. The molecule has 0 saturated heterocycles. The lowest BCUT2D eigenvalue weighted by Crippen LogP contribution is -2.27. The van der Waals surface area contributed by atoms with Crippen LogP contribution in [0.1, 0.15) is 41.0 Å². The van der Waals surface area contributed by atoms with E-state index < -0.39 is 0 Å². The minimum absolute atomic E-state index is 0.258. The number of carbonyl (C=O) groups excluding carboxylic acids is 1. The highest BCUT2D eigenvalue weighted by atomic mass is 16.5. The number of nitrogens with one attached hydrogen (secondary N) is 1. The Bertz CT molecular complexity index is 1090. The molecule has 1 aliphatic rings. The molecule has 0 unspecified atom stereocenters. The Kier molecular flexibility index (Phi) is 6.11. The highest BCUT2D eigenvalue weighted by Crippen LogP contribution is 2.39. The van der Waals surface area contributed by atoms with E-state index in [1.165, 1.54) is 0 Å². The zero-order valence-electron chi connectivity index (χ0n) is 18.0. The van der Waals surface area contributed by atoms with E-state index in [2.05, 4.69) is 10.5 Å². The van der Waals surface area contributed by atoms with Crippen LogP contribution in [0.3, 0.4) is 0 Å². The van der Waals surface area contributed by atoms with Gasteiger partial charge in [-0.25, -0.2) is 0 Å². The van der Waals surface area contributed by atoms with Crippen molar-refractivity contribution in [1.82, 2.24) is 10.5 Å². The van der Waals surface area contributed by atoms with Gasteiger partial charge in [0.05, 0.1) is 24.3 Å². The van der Waals surface area contributed by atoms with Crippen LogP contribution in [0.15, 0.2) is 40.9 Å². The fraction of sp³-hybridized carbons (Fsp3) is 0.333. The van der Waals surface area contributed by atoms with Crippen LogP contribution < -0.4 is 19.5 Å². The maximum absolute atomic E-state index is 12.7. The van der Waals surface area contributed by atoms with E-state index in [4.69, 9.17) is 18.7 Å². The van der Waals surface area contributed by atoms with Crippen molar-refractivity contribution >= 4 is 5.91 Å². The molecule has 0 atom stereocenters. The number of carbonyl (C=O) groups is 1. The van der Waals surface area contributed by atoms with Crippen molar-refractivity contribution in [2.24, 2.45) is 0 Å². The van der Waals surface area contributed by atoms with Crippen molar-refractivity contribution in [1.29, 1.82) is 0 Å². The van der Waals surface area contributed by atoms with Crippen LogP contribution in [0, 0.1) is 6.92 Å². The van der Waals surface area contributed by atoms with E-state index >= 15 is 0 Å². The first-order chi connectivity index (χ1) is 15.1. The minimum Gasteiger partial charge on any atom is -0.490 e.